The van der Waals surface area contributed by atoms with Crippen molar-refractivity contribution < 1.29 is 13.2 Å². The summed E-state index contributed by atoms with van der Waals surface area (Å²) in [5.41, 5.74) is 7.08. The lowest BCUT2D eigenvalue weighted by atomic mass is 9.89. The van der Waals surface area contributed by atoms with Crippen LogP contribution in [0.3, 0.4) is 0 Å². The minimum atomic E-state index is -3.74. The van der Waals surface area contributed by atoms with E-state index in [0.717, 1.165) is 5.56 Å². The molecule has 0 aliphatic carbocycles. The van der Waals surface area contributed by atoms with Crippen LogP contribution in [0.5, 0.6) is 0 Å². The largest absolute Gasteiger partial charge is 0.340 e. The van der Waals surface area contributed by atoms with Crippen LogP contribution in [0, 0.1) is 5.92 Å². The molecule has 3 atom stereocenters. The number of carbonyl (C=O) groups is 1. The molecule has 1 unspecified atom stereocenters. The van der Waals surface area contributed by atoms with Gasteiger partial charge in [0.1, 0.15) is 0 Å². The van der Waals surface area contributed by atoms with Crippen LogP contribution in [0.2, 0.25) is 0 Å². The predicted octanol–water partition coefficient (Wildman–Crippen LogP) is 1.55. The molecule has 7 heteroatoms. The molecule has 1 aliphatic heterocycles. The number of carbonyl (C=O) groups excluding carboxylic acids is 1. The second-order valence-electron chi connectivity index (χ2n) is 6.91. The van der Waals surface area contributed by atoms with Crippen LogP contribution in [-0.4, -0.2) is 44.9 Å². The number of nitrogens with zero attached hydrogens (tertiary/aromatic N) is 1. The molecule has 3 N–H and O–H groups in total. The van der Waals surface area contributed by atoms with Gasteiger partial charge in [0.2, 0.25) is 15.9 Å². The third kappa shape index (κ3) is 4.37. The van der Waals surface area contributed by atoms with E-state index in [0.29, 0.717) is 19.6 Å². The van der Waals surface area contributed by atoms with Crippen LogP contribution in [0.4, 0.5) is 0 Å². The van der Waals surface area contributed by atoms with Gasteiger partial charge in [-0.2, -0.15) is 4.72 Å². The molecule has 0 bridgehead atoms. The summed E-state index contributed by atoms with van der Waals surface area (Å²) in [6.45, 7) is 3.14. The summed E-state index contributed by atoms with van der Waals surface area (Å²) in [6.07, 6.45) is 0. The summed E-state index contributed by atoms with van der Waals surface area (Å²) in [4.78, 5) is 14.7. The number of nitrogens with one attached hydrogen (secondary N) is 1. The second-order valence-corrected chi connectivity index (χ2v) is 8.63. The van der Waals surface area contributed by atoms with Crippen LogP contribution in [0.25, 0.3) is 0 Å². The summed E-state index contributed by atoms with van der Waals surface area (Å²) in [7, 11) is -3.74. The van der Waals surface area contributed by atoms with Crippen LogP contribution in [0.15, 0.2) is 65.6 Å². The lowest BCUT2D eigenvalue weighted by molar-refractivity contribution is -0.131. The van der Waals surface area contributed by atoms with Gasteiger partial charge in [0.15, 0.2) is 0 Å². The van der Waals surface area contributed by atoms with E-state index in [1.54, 1.807) is 30.0 Å². The maximum atomic E-state index is 12.9. The van der Waals surface area contributed by atoms with E-state index in [-0.39, 0.29) is 22.6 Å². The number of nitrogens with two attached hydrogens (primary N) is 1. The zero-order chi connectivity index (χ0) is 19.4. The molecule has 1 heterocycles. The summed E-state index contributed by atoms with van der Waals surface area (Å²) < 4.78 is 27.4. The number of likely N-dealkylation sites (tertiary alicyclic amines) is 1. The Morgan fingerprint density at radius 3 is 2.30 bits per heavy atom. The van der Waals surface area contributed by atoms with Crippen LogP contribution < -0.4 is 10.5 Å². The first-order valence-electron chi connectivity index (χ1n) is 9.03. The van der Waals surface area contributed by atoms with Gasteiger partial charge >= 0.3 is 0 Å². The van der Waals surface area contributed by atoms with Crippen LogP contribution >= 0.6 is 0 Å². The SMILES string of the molecule is CC(NS(=O)(=O)c1ccccc1)C(=O)N1C[C@@H](CN)[C@H](c2ccccc2)C1. The van der Waals surface area contributed by atoms with E-state index in [1.165, 1.54) is 12.1 Å². The molecule has 144 valence electrons. The van der Waals surface area contributed by atoms with E-state index >= 15 is 0 Å². The Hall–Kier alpha value is -2.22. The standard InChI is InChI=1S/C20H25N3O3S/c1-15(22-27(25,26)18-10-6-3-7-11-18)20(24)23-13-17(12-21)19(14-23)16-8-4-2-5-9-16/h2-11,15,17,19,22H,12-14,21H2,1H3/t15?,17-,19+/m1/s1. The maximum Gasteiger partial charge on any atom is 0.241 e. The highest BCUT2D eigenvalue weighted by atomic mass is 32.2. The Morgan fingerprint density at radius 2 is 1.70 bits per heavy atom. The average molecular weight is 388 g/mol. The number of hydrogen-bond donors (Lipinski definition) is 2. The lowest BCUT2D eigenvalue weighted by Gasteiger charge is -2.22. The molecule has 6 nitrogen and oxygen atoms in total. The van der Waals surface area contributed by atoms with Crippen molar-refractivity contribution in [2.75, 3.05) is 19.6 Å². The van der Waals surface area contributed by atoms with Crippen molar-refractivity contribution in [3.8, 4) is 0 Å². The first-order valence-corrected chi connectivity index (χ1v) is 10.5. The van der Waals surface area contributed by atoms with Gasteiger partial charge in [-0.25, -0.2) is 8.42 Å². The smallest absolute Gasteiger partial charge is 0.241 e. The summed E-state index contributed by atoms with van der Waals surface area (Å²) >= 11 is 0. The fourth-order valence-corrected chi connectivity index (χ4v) is 4.81. The van der Waals surface area contributed by atoms with Gasteiger partial charge in [0.05, 0.1) is 10.9 Å². The molecular weight excluding hydrogens is 362 g/mol. The summed E-state index contributed by atoms with van der Waals surface area (Å²) in [6, 6.07) is 17.2. The Labute approximate surface area is 160 Å². The summed E-state index contributed by atoms with van der Waals surface area (Å²) in [5, 5.41) is 0. The first-order chi connectivity index (χ1) is 12.9. The lowest BCUT2D eigenvalue weighted by Crippen LogP contribution is -2.46. The van der Waals surface area contributed by atoms with Gasteiger partial charge in [-0.1, -0.05) is 48.5 Å². The quantitative estimate of drug-likeness (QED) is 0.787. The molecule has 0 radical (unpaired) electrons. The van der Waals surface area contributed by atoms with Gasteiger partial charge in [-0.3, -0.25) is 4.79 Å². The Kier molecular flexibility index (Phi) is 5.94. The van der Waals surface area contributed by atoms with Crippen molar-refractivity contribution in [2.24, 2.45) is 11.7 Å². The second kappa shape index (κ2) is 8.21. The van der Waals surface area contributed by atoms with Crippen molar-refractivity contribution in [1.82, 2.24) is 9.62 Å². The molecule has 0 saturated carbocycles. The van der Waals surface area contributed by atoms with Crippen molar-refractivity contribution >= 4 is 15.9 Å². The molecule has 3 rings (SSSR count). The highest BCUT2D eigenvalue weighted by Crippen LogP contribution is 2.32. The maximum absolute atomic E-state index is 12.9. The molecule has 27 heavy (non-hydrogen) atoms. The average Bonchev–Trinajstić information content (AvgIpc) is 3.13. The predicted molar refractivity (Wildman–Crippen MR) is 105 cm³/mol. The van der Waals surface area contributed by atoms with Crippen molar-refractivity contribution in [1.29, 1.82) is 0 Å². The summed E-state index contributed by atoms with van der Waals surface area (Å²) in [5.74, 6) is 0.0961. The first kappa shape index (κ1) is 19.5. The Bertz CT molecular complexity index is 872. The third-order valence-electron chi connectivity index (χ3n) is 5.04. The fourth-order valence-electron chi connectivity index (χ4n) is 3.59. The Morgan fingerprint density at radius 1 is 1.11 bits per heavy atom. The molecule has 1 saturated heterocycles. The minimum Gasteiger partial charge on any atom is -0.340 e. The van der Waals surface area contributed by atoms with E-state index in [1.807, 2.05) is 30.3 Å². The Balaban J connectivity index is 1.70. The molecule has 2 aromatic rings. The van der Waals surface area contributed by atoms with E-state index in [4.69, 9.17) is 5.73 Å². The zero-order valence-electron chi connectivity index (χ0n) is 15.3. The number of hydrogen-bond acceptors (Lipinski definition) is 4. The molecule has 1 aliphatic rings. The molecular formula is C20H25N3O3S. The number of rotatable bonds is 6. The highest BCUT2D eigenvalue weighted by molar-refractivity contribution is 7.89. The normalized spacial score (nSPS) is 21.2. The monoisotopic (exact) mass is 387 g/mol. The van der Waals surface area contributed by atoms with Gasteiger partial charge < -0.3 is 10.6 Å². The van der Waals surface area contributed by atoms with Crippen LogP contribution in [0.1, 0.15) is 18.4 Å². The van der Waals surface area contributed by atoms with Crippen molar-refractivity contribution in [3.63, 3.8) is 0 Å². The fraction of sp³-hybridized carbons (Fsp3) is 0.350. The van der Waals surface area contributed by atoms with Gasteiger partial charge in [-0.15, -0.1) is 0 Å². The van der Waals surface area contributed by atoms with E-state index < -0.39 is 16.1 Å². The number of amides is 1. The topological polar surface area (TPSA) is 92.5 Å². The molecule has 0 aromatic heterocycles. The van der Waals surface area contributed by atoms with Gasteiger partial charge in [-0.05, 0) is 37.1 Å². The van der Waals surface area contributed by atoms with Gasteiger partial charge in [0, 0.05) is 19.0 Å². The number of benzene rings is 2. The van der Waals surface area contributed by atoms with Gasteiger partial charge in [0.25, 0.3) is 0 Å². The van der Waals surface area contributed by atoms with E-state index in [2.05, 4.69) is 4.72 Å². The van der Waals surface area contributed by atoms with Crippen molar-refractivity contribution in [2.45, 2.75) is 23.8 Å². The molecule has 0 spiro atoms. The highest BCUT2D eigenvalue weighted by Gasteiger charge is 2.37. The third-order valence-corrected chi connectivity index (χ3v) is 6.60. The minimum absolute atomic E-state index is 0.146. The molecule has 1 amide bonds. The number of sulfonamides is 1. The van der Waals surface area contributed by atoms with Crippen molar-refractivity contribution in [3.05, 3.63) is 66.2 Å². The molecule has 1 fully saturated rings. The van der Waals surface area contributed by atoms with E-state index in [9.17, 15) is 13.2 Å². The van der Waals surface area contributed by atoms with Crippen LogP contribution in [-0.2, 0) is 14.8 Å². The zero-order valence-corrected chi connectivity index (χ0v) is 16.1. The molecule has 2 aromatic carbocycles.